The zero-order valence-corrected chi connectivity index (χ0v) is 17.0. The first-order chi connectivity index (χ1) is 14.5. The second-order valence-corrected chi connectivity index (χ2v) is 7.72. The van der Waals surface area contributed by atoms with Crippen LogP contribution in [0, 0.1) is 6.92 Å². The van der Waals surface area contributed by atoms with Crippen molar-refractivity contribution in [3.63, 3.8) is 0 Å². The van der Waals surface area contributed by atoms with Gasteiger partial charge in [-0.25, -0.2) is 0 Å². The third-order valence-corrected chi connectivity index (χ3v) is 5.42. The first kappa shape index (κ1) is 19.9. The Morgan fingerprint density at radius 3 is 2.50 bits per heavy atom. The molecule has 1 saturated heterocycles. The molecular formula is C23H25N3O4. The van der Waals surface area contributed by atoms with Crippen molar-refractivity contribution in [2.75, 3.05) is 36.5 Å². The average molecular weight is 407 g/mol. The van der Waals surface area contributed by atoms with Crippen LogP contribution in [0.25, 0.3) is 0 Å². The Morgan fingerprint density at radius 2 is 1.77 bits per heavy atom. The summed E-state index contributed by atoms with van der Waals surface area (Å²) in [5.41, 5.74) is 2.78. The molecule has 0 saturated carbocycles. The van der Waals surface area contributed by atoms with E-state index in [0.717, 1.165) is 31.5 Å². The van der Waals surface area contributed by atoms with Crippen LogP contribution < -0.4 is 15.0 Å². The molecule has 7 heteroatoms. The van der Waals surface area contributed by atoms with Gasteiger partial charge in [-0.05, 0) is 68.1 Å². The second kappa shape index (κ2) is 8.57. The SMILES string of the molecule is Cc1ccc2c(c1)N(CC(=O)Nc1ccc(C(=O)N3CCCCC3)cc1)C(=O)CO2. The van der Waals surface area contributed by atoms with Crippen molar-refractivity contribution in [3.8, 4) is 5.75 Å². The van der Waals surface area contributed by atoms with Gasteiger partial charge in [-0.1, -0.05) is 6.07 Å². The first-order valence-electron chi connectivity index (χ1n) is 10.2. The molecule has 4 rings (SSSR count). The number of hydrogen-bond acceptors (Lipinski definition) is 4. The number of piperidine rings is 1. The number of fused-ring (bicyclic) bond motifs is 1. The summed E-state index contributed by atoms with van der Waals surface area (Å²) in [5, 5.41) is 2.80. The summed E-state index contributed by atoms with van der Waals surface area (Å²) >= 11 is 0. The Labute approximate surface area is 175 Å². The van der Waals surface area contributed by atoms with Crippen molar-refractivity contribution >= 4 is 29.1 Å². The maximum Gasteiger partial charge on any atom is 0.265 e. The molecule has 3 amide bonds. The van der Waals surface area contributed by atoms with Crippen LogP contribution in [0.3, 0.4) is 0 Å². The number of ether oxygens (including phenoxy) is 1. The van der Waals surface area contributed by atoms with Crippen LogP contribution in [0.4, 0.5) is 11.4 Å². The molecule has 0 bridgehead atoms. The predicted octanol–water partition coefficient (Wildman–Crippen LogP) is 2.99. The van der Waals surface area contributed by atoms with Crippen LogP contribution in [0.15, 0.2) is 42.5 Å². The number of hydrogen-bond donors (Lipinski definition) is 1. The molecule has 0 atom stereocenters. The zero-order valence-electron chi connectivity index (χ0n) is 17.0. The maximum atomic E-state index is 12.6. The summed E-state index contributed by atoms with van der Waals surface area (Å²) in [5.74, 6) is 0.0468. The summed E-state index contributed by atoms with van der Waals surface area (Å²) in [7, 11) is 0. The lowest BCUT2D eigenvalue weighted by Gasteiger charge is -2.29. The monoisotopic (exact) mass is 407 g/mol. The zero-order chi connectivity index (χ0) is 21.1. The minimum atomic E-state index is -0.312. The molecular weight excluding hydrogens is 382 g/mol. The van der Waals surface area contributed by atoms with Gasteiger partial charge in [0.25, 0.3) is 11.8 Å². The number of nitrogens with zero attached hydrogens (tertiary/aromatic N) is 2. The molecule has 1 fully saturated rings. The number of nitrogens with one attached hydrogen (secondary N) is 1. The Kier molecular flexibility index (Phi) is 5.70. The van der Waals surface area contributed by atoms with Crippen LogP contribution in [0.1, 0.15) is 35.2 Å². The molecule has 2 aliphatic rings. The summed E-state index contributed by atoms with van der Waals surface area (Å²) < 4.78 is 5.45. The Balaban J connectivity index is 1.40. The summed E-state index contributed by atoms with van der Waals surface area (Å²) in [6.07, 6.45) is 3.26. The molecule has 30 heavy (non-hydrogen) atoms. The minimum absolute atomic E-state index is 0.0264. The van der Waals surface area contributed by atoms with Gasteiger partial charge >= 0.3 is 0 Å². The minimum Gasteiger partial charge on any atom is -0.482 e. The van der Waals surface area contributed by atoms with Gasteiger partial charge in [-0.3, -0.25) is 19.3 Å². The molecule has 0 aliphatic carbocycles. The molecule has 0 unspecified atom stereocenters. The molecule has 0 radical (unpaired) electrons. The largest absolute Gasteiger partial charge is 0.482 e. The number of rotatable bonds is 4. The fraction of sp³-hybridized carbons (Fsp3) is 0.348. The highest BCUT2D eigenvalue weighted by atomic mass is 16.5. The molecule has 2 aliphatic heterocycles. The van der Waals surface area contributed by atoms with Crippen molar-refractivity contribution in [3.05, 3.63) is 53.6 Å². The lowest BCUT2D eigenvalue weighted by molar-refractivity contribution is -0.123. The highest BCUT2D eigenvalue weighted by Gasteiger charge is 2.27. The van der Waals surface area contributed by atoms with Gasteiger partial charge in [-0.2, -0.15) is 0 Å². The van der Waals surface area contributed by atoms with Crippen molar-refractivity contribution in [1.82, 2.24) is 4.90 Å². The van der Waals surface area contributed by atoms with Crippen molar-refractivity contribution < 1.29 is 19.1 Å². The van der Waals surface area contributed by atoms with E-state index in [0.29, 0.717) is 22.7 Å². The number of carbonyl (C=O) groups is 3. The normalized spacial score (nSPS) is 16.0. The third-order valence-electron chi connectivity index (χ3n) is 5.42. The molecule has 0 aromatic heterocycles. The topological polar surface area (TPSA) is 79.0 Å². The van der Waals surface area contributed by atoms with E-state index in [1.54, 1.807) is 30.3 Å². The van der Waals surface area contributed by atoms with Gasteiger partial charge in [0.05, 0.1) is 5.69 Å². The number of carbonyl (C=O) groups excluding carboxylic acids is 3. The Hall–Kier alpha value is -3.35. The van der Waals surface area contributed by atoms with Gasteiger partial charge in [-0.15, -0.1) is 0 Å². The highest BCUT2D eigenvalue weighted by Crippen LogP contribution is 2.32. The fourth-order valence-corrected chi connectivity index (χ4v) is 3.81. The Bertz CT molecular complexity index is 965. The fourth-order valence-electron chi connectivity index (χ4n) is 3.81. The molecule has 2 aromatic carbocycles. The van der Waals surface area contributed by atoms with Gasteiger partial charge < -0.3 is 15.0 Å². The lowest BCUT2D eigenvalue weighted by Crippen LogP contribution is -2.43. The molecule has 7 nitrogen and oxygen atoms in total. The maximum absolute atomic E-state index is 12.6. The lowest BCUT2D eigenvalue weighted by atomic mass is 10.1. The third kappa shape index (κ3) is 4.30. The van der Waals surface area contributed by atoms with E-state index < -0.39 is 0 Å². The van der Waals surface area contributed by atoms with Gasteiger partial charge in [0.2, 0.25) is 5.91 Å². The molecule has 156 valence electrons. The number of amides is 3. The summed E-state index contributed by atoms with van der Waals surface area (Å²) in [4.78, 5) is 40.7. The van der Waals surface area contributed by atoms with E-state index in [-0.39, 0.29) is 30.9 Å². The number of likely N-dealkylation sites (tertiary alicyclic amines) is 1. The smallest absolute Gasteiger partial charge is 0.265 e. The van der Waals surface area contributed by atoms with E-state index in [1.807, 2.05) is 24.0 Å². The highest BCUT2D eigenvalue weighted by molar-refractivity contribution is 6.05. The van der Waals surface area contributed by atoms with E-state index in [1.165, 1.54) is 11.3 Å². The van der Waals surface area contributed by atoms with Gasteiger partial charge in [0.15, 0.2) is 6.61 Å². The standard InChI is InChI=1S/C23H25N3O4/c1-16-5-10-20-19(13-16)26(22(28)15-30-20)14-21(27)24-18-8-6-17(7-9-18)23(29)25-11-3-2-4-12-25/h5-10,13H,2-4,11-12,14-15H2,1H3,(H,24,27). The molecule has 2 aromatic rings. The number of aryl methyl sites for hydroxylation is 1. The molecule has 1 N–H and O–H groups in total. The van der Waals surface area contributed by atoms with Gasteiger partial charge in [0, 0.05) is 24.3 Å². The second-order valence-electron chi connectivity index (χ2n) is 7.72. The van der Waals surface area contributed by atoms with E-state index in [4.69, 9.17) is 4.74 Å². The molecule has 2 heterocycles. The quantitative estimate of drug-likeness (QED) is 0.845. The van der Waals surface area contributed by atoms with Crippen LogP contribution in [0.5, 0.6) is 5.75 Å². The van der Waals surface area contributed by atoms with Crippen molar-refractivity contribution in [1.29, 1.82) is 0 Å². The number of benzene rings is 2. The number of anilines is 2. The van der Waals surface area contributed by atoms with Crippen molar-refractivity contribution in [2.24, 2.45) is 0 Å². The summed E-state index contributed by atoms with van der Waals surface area (Å²) in [6, 6.07) is 12.4. The van der Waals surface area contributed by atoms with Crippen LogP contribution >= 0.6 is 0 Å². The van der Waals surface area contributed by atoms with Crippen LogP contribution in [-0.4, -0.2) is 48.9 Å². The van der Waals surface area contributed by atoms with Crippen molar-refractivity contribution in [2.45, 2.75) is 26.2 Å². The summed E-state index contributed by atoms with van der Waals surface area (Å²) in [6.45, 7) is 3.33. The average Bonchev–Trinajstić information content (AvgIpc) is 2.76. The molecule has 0 spiro atoms. The van der Waals surface area contributed by atoms with E-state index in [9.17, 15) is 14.4 Å². The van der Waals surface area contributed by atoms with Crippen LogP contribution in [-0.2, 0) is 9.59 Å². The van der Waals surface area contributed by atoms with E-state index >= 15 is 0 Å². The van der Waals surface area contributed by atoms with E-state index in [2.05, 4.69) is 5.32 Å². The predicted molar refractivity (Wildman–Crippen MR) is 114 cm³/mol. The van der Waals surface area contributed by atoms with Crippen LogP contribution in [0.2, 0.25) is 0 Å². The van der Waals surface area contributed by atoms with Gasteiger partial charge in [0.1, 0.15) is 12.3 Å². The first-order valence-corrected chi connectivity index (χ1v) is 10.2. The Morgan fingerprint density at radius 1 is 1.03 bits per heavy atom.